The molecule has 0 radical (unpaired) electrons. The lowest BCUT2D eigenvalue weighted by Crippen LogP contribution is -2.11. The molecule has 16 heavy (non-hydrogen) atoms. The van der Waals surface area contributed by atoms with Crippen molar-refractivity contribution in [2.75, 3.05) is 5.73 Å². The maximum absolute atomic E-state index is 9.66. The summed E-state index contributed by atoms with van der Waals surface area (Å²) in [5.74, 6) is 0.780. The Bertz CT molecular complexity index is 409. The number of aromatic hydroxyl groups is 1. The second kappa shape index (κ2) is 4.56. The minimum Gasteiger partial charge on any atom is -0.508 e. The molecule has 0 aliphatic heterocycles. The summed E-state index contributed by atoms with van der Waals surface area (Å²) in [6, 6.07) is 3.41. The lowest BCUT2D eigenvalue weighted by Gasteiger charge is -2.27. The van der Waals surface area contributed by atoms with Gasteiger partial charge in [-0.3, -0.25) is 4.99 Å². The van der Waals surface area contributed by atoms with Crippen molar-refractivity contribution < 1.29 is 5.11 Å². The Hall–Kier alpha value is -1.51. The van der Waals surface area contributed by atoms with Crippen LogP contribution in [-0.4, -0.2) is 11.3 Å². The van der Waals surface area contributed by atoms with E-state index in [1.165, 1.54) is 19.3 Å². The van der Waals surface area contributed by atoms with Crippen molar-refractivity contribution in [3.8, 4) is 5.75 Å². The maximum atomic E-state index is 9.66. The van der Waals surface area contributed by atoms with Crippen LogP contribution in [0.5, 0.6) is 5.75 Å². The minimum atomic E-state index is 0.263. The highest BCUT2D eigenvalue weighted by molar-refractivity contribution is 5.75. The number of phenols is 1. The highest BCUT2D eigenvalue weighted by Crippen LogP contribution is 2.43. The summed E-state index contributed by atoms with van der Waals surface area (Å²) in [6.07, 6.45) is 6.28. The molecule has 1 aliphatic carbocycles. The zero-order chi connectivity index (χ0) is 11.5. The first-order valence-electron chi connectivity index (χ1n) is 5.87. The predicted molar refractivity (Wildman–Crippen MR) is 67.6 cm³/mol. The van der Waals surface area contributed by atoms with Crippen molar-refractivity contribution in [3.63, 3.8) is 0 Å². The molecule has 0 amide bonds. The number of anilines is 1. The first kappa shape index (κ1) is 11.0. The number of nitrogens with two attached hydrogens (primary N) is 1. The van der Waals surface area contributed by atoms with Crippen LogP contribution in [0.25, 0.3) is 0 Å². The van der Waals surface area contributed by atoms with Gasteiger partial charge in [0.2, 0.25) is 0 Å². The van der Waals surface area contributed by atoms with Gasteiger partial charge < -0.3 is 10.8 Å². The highest BCUT2D eigenvalue weighted by Gasteiger charge is 2.23. The van der Waals surface area contributed by atoms with E-state index < -0.39 is 0 Å². The van der Waals surface area contributed by atoms with Gasteiger partial charge in [-0.05, 0) is 36.8 Å². The van der Waals surface area contributed by atoms with E-state index in [2.05, 4.69) is 4.99 Å². The lowest BCUT2D eigenvalue weighted by molar-refractivity contribution is 0.417. The summed E-state index contributed by atoms with van der Waals surface area (Å²) in [6.45, 7) is 2.02. The van der Waals surface area contributed by atoms with Crippen molar-refractivity contribution in [2.24, 2.45) is 4.99 Å². The van der Waals surface area contributed by atoms with E-state index in [1.807, 2.05) is 13.1 Å². The third kappa shape index (κ3) is 2.03. The molecule has 1 aromatic carbocycles. The number of hydrogen-bond acceptors (Lipinski definition) is 3. The van der Waals surface area contributed by atoms with E-state index in [4.69, 9.17) is 5.73 Å². The first-order valence-corrected chi connectivity index (χ1v) is 5.87. The van der Waals surface area contributed by atoms with Crippen LogP contribution in [0.4, 0.5) is 11.4 Å². The van der Waals surface area contributed by atoms with Crippen LogP contribution in [0.1, 0.15) is 44.1 Å². The van der Waals surface area contributed by atoms with Crippen LogP contribution < -0.4 is 5.73 Å². The van der Waals surface area contributed by atoms with E-state index in [1.54, 1.807) is 12.1 Å². The molecule has 1 aliphatic rings. The Kier molecular flexibility index (Phi) is 3.13. The van der Waals surface area contributed by atoms with Crippen LogP contribution in [0.3, 0.4) is 0 Å². The summed E-state index contributed by atoms with van der Waals surface area (Å²) in [5.41, 5.74) is 8.57. The Labute approximate surface area is 96.0 Å². The van der Waals surface area contributed by atoms with E-state index in [0.717, 1.165) is 17.7 Å². The molecule has 0 aromatic heterocycles. The number of benzene rings is 1. The lowest BCUT2D eigenvalue weighted by atomic mass is 9.79. The fourth-order valence-electron chi connectivity index (χ4n) is 2.00. The molecule has 1 fully saturated rings. The van der Waals surface area contributed by atoms with Crippen LogP contribution >= 0.6 is 0 Å². The van der Waals surface area contributed by atoms with Gasteiger partial charge in [0, 0.05) is 12.3 Å². The van der Waals surface area contributed by atoms with E-state index in [0.29, 0.717) is 11.6 Å². The van der Waals surface area contributed by atoms with E-state index in [9.17, 15) is 5.11 Å². The second-order valence-electron chi connectivity index (χ2n) is 4.32. The molecule has 86 valence electrons. The molecule has 0 saturated heterocycles. The standard InChI is InChI=1S/C13H18N2O/c1-2-6-15-12-8-10(16)7-11(13(12)14)9-4-3-5-9/h6-9,16H,2-5,14H2,1H3. The normalized spacial score (nSPS) is 16.6. The van der Waals surface area contributed by atoms with E-state index in [-0.39, 0.29) is 5.75 Å². The van der Waals surface area contributed by atoms with Gasteiger partial charge in [0.25, 0.3) is 0 Å². The molecule has 0 unspecified atom stereocenters. The van der Waals surface area contributed by atoms with Gasteiger partial charge >= 0.3 is 0 Å². The van der Waals surface area contributed by atoms with Gasteiger partial charge in [0.05, 0.1) is 11.4 Å². The molecule has 3 heteroatoms. The Morgan fingerprint density at radius 1 is 1.50 bits per heavy atom. The molecule has 0 atom stereocenters. The van der Waals surface area contributed by atoms with Crippen molar-refractivity contribution in [3.05, 3.63) is 17.7 Å². The Morgan fingerprint density at radius 3 is 2.81 bits per heavy atom. The number of rotatable bonds is 3. The van der Waals surface area contributed by atoms with Crippen LogP contribution in [0.2, 0.25) is 0 Å². The summed E-state index contributed by atoms with van der Waals surface area (Å²) >= 11 is 0. The number of nitrogen functional groups attached to an aromatic ring is 1. The third-order valence-electron chi connectivity index (χ3n) is 3.13. The second-order valence-corrected chi connectivity index (χ2v) is 4.32. The van der Waals surface area contributed by atoms with E-state index >= 15 is 0 Å². The van der Waals surface area contributed by atoms with Gasteiger partial charge in [0.1, 0.15) is 5.75 Å². The minimum absolute atomic E-state index is 0.263. The van der Waals surface area contributed by atoms with Crippen molar-refractivity contribution >= 4 is 17.6 Å². The van der Waals surface area contributed by atoms with Gasteiger partial charge in [-0.15, -0.1) is 0 Å². The summed E-state index contributed by atoms with van der Waals surface area (Å²) in [5, 5.41) is 9.66. The largest absolute Gasteiger partial charge is 0.508 e. The molecule has 3 N–H and O–H groups in total. The third-order valence-corrected chi connectivity index (χ3v) is 3.13. The SMILES string of the molecule is CCC=Nc1cc(O)cc(C2CCC2)c1N. The maximum Gasteiger partial charge on any atom is 0.118 e. The number of aliphatic imine (C=N–C) groups is 1. The van der Waals surface area contributed by atoms with Crippen molar-refractivity contribution in [2.45, 2.75) is 38.5 Å². The average Bonchev–Trinajstić information content (AvgIpc) is 2.18. The quantitative estimate of drug-likeness (QED) is 0.464. The summed E-state index contributed by atoms with van der Waals surface area (Å²) in [4.78, 5) is 4.28. The highest BCUT2D eigenvalue weighted by atomic mass is 16.3. The number of nitrogens with zero attached hydrogens (tertiary/aromatic N) is 1. The first-order chi connectivity index (χ1) is 7.72. The fraction of sp³-hybridized carbons (Fsp3) is 0.462. The topological polar surface area (TPSA) is 58.6 Å². The molecule has 0 spiro atoms. The van der Waals surface area contributed by atoms with Crippen molar-refractivity contribution in [1.82, 2.24) is 0 Å². The fourth-order valence-corrected chi connectivity index (χ4v) is 2.00. The molecule has 3 nitrogen and oxygen atoms in total. The smallest absolute Gasteiger partial charge is 0.118 e. The molecule has 2 rings (SSSR count). The number of phenolic OH excluding ortho intramolecular Hbond substituents is 1. The van der Waals surface area contributed by atoms with Crippen LogP contribution in [0.15, 0.2) is 17.1 Å². The molecular formula is C13H18N2O. The van der Waals surface area contributed by atoms with Gasteiger partial charge in [0.15, 0.2) is 0 Å². The Morgan fingerprint density at radius 2 is 2.25 bits per heavy atom. The van der Waals surface area contributed by atoms with Crippen LogP contribution in [-0.2, 0) is 0 Å². The number of hydrogen-bond donors (Lipinski definition) is 2. The monoisotopic (exact) mass is 218 g/mol. The molecule has 1 saturated carbocycles. The summed E-state index contributed by atoms with van der Waals surface area (Å²) in [7, 11) is 0. The Balaban J connectivity index is 2.37. The zero-order valence-electron chi connectivity index (χ0n) is 9.61. The summed E-state index contributed by atoms with van der Waals surface area (Å²) < 4.78 is 0. The molecular weight excluding hydrogens is 200 g/mol. The predicted octanol–water partition coefficient (Wildman–Crippen LogP) is 3.35. The molecule has 1 aromatic rings. The average molecular weight is 218 g/mol. The van der Waals surface area contributed by atoms with Crippen LogP contribution in [0, 0.1) is 0 Å². The van der Waals surface area contributed by atoms with Gasteiger partial charge in [-0.25, -0.2) is 0 Å². The van der Waals surface area contributed by atoms with Gasteiger partial charge in [-0.2, -0.15) is 0 Å². The van der Waals surface area contributed by atoms with Crippen molar-refractivity contribution in [1.29, 1.82) is 0 Å². The zero-order valence-corrected chi connectivity index (χ0v) is 9.61. The molecule has 0 bridgehead atoms. The van der Waals surface area contributed by atoms with Gasteiger partial charge in [-0.1, -0.05) is 13.3 Å². The molecule has 0 heterocycles.